The first-order valence-corrected chi connectivity index (χ1v) is 10.4. The average molecular weight is 400 g/mol. The lowest BCUT2D eigenvalue weighted by atomic mass is 10.2. The summed E-state index contributed by atoms with van der Waals surface area (Å²) in [6.45, 7) is 0.470. The number of pyridine rings is 1. The molecule has 0 aromatic carbocycles. The van der Waals surface area contributed by atoms with Gasteiger partial charge in [-0.1, -0.05) is 17.8 Å². The Bertz CT molecular complexity index is 1000. The van der Waals surface area contributed by atoms with Gasteiger partial charge in [-0.15, -0.1) is 11.3 Å². The Kier molecular flexibility index (Phi) is 5.30. The first-order chi connectivity index (χ1) is 13.2. The third-order valence-corrected chi connectivity index (χ3v) is 5.99. The SMILES string of the molecule is O=C(CSc1nc(=O)n(Cc2cccnc2)c2c1CCC2)Nc1nccs1. The zero-order valence-corrected chi connectivity index (χ0v) is 16.1. The average Bonchev–Trinajstić information content (AvgIpc) is 3.35. The quantitative estimate of drug-likeness (QED) is 0.506. The van der Waals surface area contributed by atoms with Crippen LogP contribution >= 0.6 is 23.1 Å². The normalized spacial score (nSPS) is 12.7. The molecule has 0 aliphatic heterocycles. The number of carbonyl (C=O) groups excluding carboxylic acids is 1. The highest BCUT2D eigenvalue weighted by Crippen LogP contribution is 2.29. The van der Waals surface area contributed by atoms with Crippen LogP contribution in [0.1, 0.15) is 23.2 Å². The van der Waals surface area contributed by atoms with Crippen molar-refractivity contribution >= 4 is 34.1 Å². The van der Waals surface area contributed by atoms with Gasteiger partial charge in [-0.25, -0.2) is 9.78 Å². The highest BCUT2D eigenvalue weighted by atomic mass is 32.2. The van der Waals surface area contributed by atoms with Crippen LogP contribution in [0.15, 0.2) is 45.9 Å². The van der Waals surface area contributed by atoms with Crippen LogP contribution in [0.3, 0.4) is 0 Å². The molecule has 0 saturated carbocycles. The minimum absolute atomic E-state index is 0.150. The van der Waals surface area contributed by atoms with Crippen LogP contribution in [0.25, 0.3) is 0 Å². The fraction of sp³-hybridized carbons (Fsp3) is 0.278. The Morgan fingerprint density at radius 2 is 2.26 bits per heavy atom. The maximum atomic E-state index is 12.6. The van der Waals surface area contributed by atoms with Gasteiger partial charge in [-0.05, 0) is 30.9 Å². The molecule has 3 heterocycles. The Morgan fingerprint density at radius 1 is 1.33 bits per heavy atom. The number of anilines is 1. The molecule has 0 bridgehead atoms. The van der Waals surface area contributed by atoms with Gasteiger partial charge in [0.1, 0.15) is 5.03 Å². The van der Waals surface area contributed by atoms with Crippen molar-refractivity contribution in [2.24, 2.45) is 0 Å². The van der Waals surface area contributed by atoms with E-state index in [1.807, 2.05) is 12.1 Å². The molecule has 0 unspecified atom stereocenters. The zero-order valence-electron chi connectivity index (χ0n) is 14.4. The van der Waals surface area contributed by atoms with E-state index in [1.54, 1.807) is 28.5 Å². The van der Waals surface area contributed by atoms with E-state index in [0.717, 1.165) is 36.1 Å². The number of nitrogens with zero attached hydrogens (tertiary/aromatic N) is 4. The lowest BCUT2D eigenvalue weighted by molar-refractivity contribution is -0.113. The summed E-state index contributed by atoms with van der Waals surface area (Å²) in [4.78, 5) is 37.1. The van der Waals surface area contributed by atoms with Crippen molar-refractivity contribution < 1.29 is 4.79 Å². The number of hydrogen-bond donors (Lipinski definition) is 1. The zero-order chi connectivity index (χ0) is 18.6. The van der Waals surface area contributed by atoms with Gasteiger partial charge in [0.15, 0.2) is 5.13 Å². The summed E-state index contributed by atoms with van der Waals surface area (Å²) < 4.78 is 1.74. The van der Waals surface area contributed by atoms with Crippen LogP contribution in [0.2, 0.25) is 0 Å². The molecule has 4 rings (SSSR count). The summed E-state index contributed by atoms with van der Waals surface area (Å²) in [6.07, 6.45) is 7.85. The van der Waals surface area contributed by atoms with E-state index >= 15 is 0 Å². The molecule has 138 valence electrons. The molecular formula is C18H17N5O2S2. The second-order valence-electron chi connectivity index (χ2n) is 6.10. The predicted octanol–water partition coefficient (Wildman–Crippen LogP) is 2.36. The van der Waals surface area contributed by atoms with Gasteiger partial charge >= 0.3 is 5.69 Å². The summed E-state index contributed by atoms with van der Waals surface area (Å²) in [5.41, 5.74) is 2.81. The minimum atomic E-state index is -0.276. The predicted molar refractivity (Wildman–Crippen MR) is 105 cm³/mol. The van der Waals surface area contributed by atoms with Crippen LogP contribution in [0, 0.1) is 0 Å². The lowest BCUT2D eigenvalue weighted by Crippen LogP contribution is -2.28. The van der Waals surface area contributed by atoms with Gasteiger partial charge < -0.3 is 5.32 Å². The number of amides is 1. The minimum Gasteiger partial charge on any atom is -0.301 e. The first kappa shape index (κ1) is 17.9. The molecule has 0 saturated heterocycles. The molecule has 7 nitrogen and oxygen atoms in total. The maximum absolute atomic E-state index is 12.6. The molecule has 0 radical (unpaired) electrons. The summed E-state index contributed by atoms with van der Waals surface area (Å²) >= 11 is 2.68. The number of carbonyl (C=O) groups is 1. The number of hydrogen-bond acceptors (Lipinski definition) is 7. The monoisotopic (exact) mass is 399 g/mol. The van der Waals surface area contributed by atoms with E-state index < -0.39 is 0 Å². The lowest BCUT2D eigenvalue weighted by Gasteiger charge is -2.14. The molecule has 0 spiro atoms. The Morgan fingerprint density at radius 3 is 3.04 bits per heavy atom. The molecular weight excluding hydrogens is 382 g/mol. The van der Waals surface area contributed by atoms with Crippen molar-refractivity contribution in [2.75, 3.05) is 11.1 Å². The van der Waals surface area contributed by atoms with Crippen molar-refractivity contribution in [1.82, 2.24) is 19.5 Å². The van der Waals surface area contributed by atoms with Gasteiger partial charge in [0, 0.05) is 35.2 Å². The molecule has 0 atom stereocenters. The van der Waals surface area contributed by atoms with Crippen LogP contribution in [0.4, 0.5) is 5.13 Å². The molecule has 1 N–H and O–H groups in total. The van der Waals surface area contributed by atoms with E-state index in [2.05, 4.69) is 20.3 Å². The number of rotatable bonds is 6. The number of thioether (sulfide) groups is 1. The largest absolute Gasteiger partial charge is 0.349 e. The van der Waals surface area contributed by atoms with Crippen LogP contribution in [-0.2, 0) is 24.2 Å². The molecule has 1 aliphatic rings. The molecule has 3 aromatic heterocycles. The van der Waals surface area contributed by atoms with Gasteiger partial charge in [-0.3, -0.25) is 14.3 Å². The number of thiazole rings is 1. The van der Waals surface area contributed by atoms with Gasteiger partial charge in [-0.2, -0.15) is 4.98 Å². The van der Waals surface area contributed by atoms with Crippen LogP contribution in [0.5, 0.6) is 0 Å². The number of aromatic nitrogens is 4. The third kappa shape index (κ3) is 4.09. The Balaban J connectivity index is 1.53. The molecule has 27 heavy (non-hydrogen) atoms. The smallest absolute Gasteiger partial charge is 0.301 e. The summed E-state index contributed by atoms with van der Waals surface area (Å²) in [5, 5.41) is 5.80. The van der Waals surface area contributed by atoms with Crippen molar-refractivity contribution in [3.8, 4) is 0 Å². The third-order valence-electron chi connectivity index (χ3n) is 4.28. The second kappa shape index (κ2) is 8.01. The fourth-order valence-corrected chi connectivity index (χ4v) is 4.54. The first-order valence-electron chi connectivity index (χ1n) is 8.54. The standard InChI is InChI=1S/C18H17N5O2S2/c24-15(21-17-20-7-8-26-17)11-27-16-13-4-1-5-14(13)23(18(25)22-16)10-12-3-2-6-19-9-12/h2-3,6-9H,1,4-5,10-11H2,(H,20,21,24). The van der Waals surface area contributed by atoms with E-state index in [9.17, 15) is 9.59 Å². The molecule has 3 aromatic rings. The summed E-state index contributed by atoms with van der Waals surface area (Å²) in [7, 11) is 0. The van der Waals surface area contributed by atoms with Crippen molar-refractivity contribution in [2.45, 2.75) is 30.8 Å². The van der Waals surface area contributed by atoms with Gasteiger partial charge in [0.2, 0.25) is 5.91 Å². The topological polar surface area (TPSA) is 89.8 Å². The maximum Gasteiger partial charge on any atom is 0.349 e. The van der Waals surface area contributed by atoms with E-state index in [0.29, 0.717) is 16.7 Å². The molecule has 1 amide bonds. The highest BCUT2D eigenvalue weighted by Gasteiger charge is 2.22. The highest BCUT2D eigenvalue weighted by molar-refractivity contribution is 8.00. The molecule has 0 fully saturated rings. The van der Waals surface area contributed by atoms with Crippen LogP contribution in [-0.4, -0.2) is 31.2 Å². The van der Waals surface area contributed by atoms with E-state index in [4.69, 9.17) is 0 Å². The van der Waals surface area contributed by atoms with Gasteiger partial charge in [0.25, 0.3) is 0 Å². The van der Waals surface area contributed by atoms with Crippen molar-refractivity contribution in [3.63, 3.8) is 0 Å². The van der Waals surface area contributed by atoms with Gasteiger partial charge in [0.05, 0.1) is 12.3 Å². The van der Waals surface area contributed by atoms with Crippen LogP contribution < -0.4 is 11.0 Å². The molecule has 1 aliphatic carbocycles. The summed E-state index contributed by atoms with van der Waals surface area (Å²) in [5.74, 6) is 0.0495. The van der Waals surface area contributed by atoms with E-state index in [1.165, 1.54) is 23.1 Å². The number of fused-ring (bicyclic) bond motifs is 1. The van der Waals surface area contributed by atoms with Crippen molar-refractivity contribution in [3.05, 3.63) is 63.4 Å². The van der Waals surface area contributed by atoms with E-state index in [-0.39, 0.29) is 17.3 Å². The Labute approximate surface area is 163 Å². The summed E-state index contributed by atoms with van der Waals surface area (Å²) in [6, 6.07) is 3.81. The fourth-order valence-electron chi connectivity index (χ4n) is 3.12. The Hall–Kier alpha value is -2.52. The van der Waals surface area contributed by atoms with Crippen molar-refractivity contribution in [1.29, 1.82) is 0 Å². The second-order valence-corrected chi connectivity index (χ2v) is 7.96. The number of nitrogens with one attached hydrogen (secondary N) is 1. The molecule has 9 heteroatoms.